The molecule has 136 valence electrons. The standard InChI is InChI=1S/C15H19NO6.CH4.ClH/c1-4-20-15(19)12(16)7-11-5-6-13(21-9(2)17)14(8-11)22-10(3)18;;/h5-6,8,12H,4,7,16H2,1-3H3;1H4;1H/t12-;;/m0../s1. The minimum atomic E-state index is -0.829. The number of hydrogen-bond donors (Lipinski definition) is 1. The predicted molar refractivity (Wildman–Crippen MR) is 91.4 cm³/mol. The monoisotopic (exact) mass is 361 g/mol. The fraction of sp³-hybridized carbons (Fsp3) is 0.438. The fourth-order valence-corrected chi connectivity index (χ4v) is 1.74. The lowest BCUT2D eigenvalue weighted by molar-refractivity contribution is -0.144. The minimum absolute atomic E-state index is 0. The molecule has 0 saturated carbocycles. The Kier molecular flexibility index (Phi) is 11.5. The normalized spacial score (nSPS) is 10.5. The molecule has 0 spiro atoms. The molecule has 24 heavy (non-hydrogen) atoms. The summed E-state index contributed by atoms with van der Waals surface area (Å²) >= 11 is 0. The van der Waals surface area contributed by atoms with Gasteiger partial charge in [0.25, 0.3) is 0 Å². The summed E-state index contributed by atoms with van der Waals surface area (Å²) in [7, 11) is 0. The van der Waals surface area contributed by atoms with Crippen LogP contribution in [0.4, 0.5) is 0 Å². The van der Waals surface area contributed by atoms with E-state index >= 15 is 0 Å². The van der Waals surface area contributed by atoms with E-state index in [-0.39, 0.29) is 44.4 Å². The van der Waals surface area contributed by atoms with Crippen LogP contribution in [0.2, 0.25) is 0 Å². The van der Waals surface area contributed by atoms with Crippen LogP contribution in [0.5, 0.6) is 11.5 Å². The van der Waals surface area contributed by atoms with Crippen molar-refractivity contribution in [2.45, 2.75) is 40.7 Å². The second-order valence-corrected chi connectivity index (χ2v) is 4.53. The summed E-state index contributed by atoms with van der Waals surface area (Å²) in [5, 5.41) is 0. The number of halogens is 1. The molecule has 0 saturated heterocycles. The highest BCUT2D eigenvalue weighted by Crippen LogP contribution is 2.29. The van der Waals surface area contributed by atoms with Crippen LogP contribution in [0.3, 0.4) is 0 Å². The molecule has 0 unspecified atom stereocenters. The third-order valence-electron chi connectivity index (χ3n) is 2.56. The first-order valence-corrected chi connectivity index (χ1v) is 6.75. The van der Waals surface area contributed by atoms with E-state index < -0.39 is 23.9 Å². The molecule has 0 aliphatic carbocycles. The number of ether oxygens (including phenoxy) is 3. The van der Waals surface area contributed by atoms with Crippen LogP contribution in [0.15, 0.2) is 18.2 Å². The molecule has 1 aromatic rings. The van der Waals surface area contributed by atoms with E-state index in [1.807, 2.05) is 0 Å². The molecule has 0 bridgehead atoms. The second kappa shape index (κ2) is 11.4. The zero-order valence-corrected chi connectivity index (χ0v) is 14.0. The van der Waals surface area contributed by atoms with Gasteiger partial charge < -0.3 is 19.9 Å². The van der Waals surface area contributed by atoms with Crippen molar-refractivity contribution in [2.75, 3.05) is 6.61 Å². The molecule has 7 nitrogen and oxygen atoms in total. The number of nitrogens with two attached hydrogens (primary N) is 1. The summed E-state index contributed by atoms with van der Waals surface area (Å²) in [5.41, 5.74) is 6.38. The van der Waals surface area contributed by atoms with Gasteiger partial charge in [-0.2, -0.15) is 0 Å². The average Bonchev–Trinajstić information content (AvgIpc) is 2.40. The molecule has 0 aliphatic heterocycles. The lowest BCUT2D eigenvalue weighted by atomic mass is 10.1. The van der Waals surface area contributed by atoms with E-state index in [1.54, 1.807) is 13.0 Å². The van der Waals surface area contributed by atoms with Crippen LogP contribution in [0.1, 0.15) is 33.8 Å². The van der Waals surface area contributed by atoms with E-state index in [4.69, 9.17) is 19.9 Å². The van der Waals surface area contributed by atoms with Crippen molar-refractivity contribution in [2.24, 2.45) is 5.73 Å². The molecule has 0 aromatic heterocycles. The molecule has 0 amide bonds. The third kappa shape index (κ3) is 7.94. The summed E-state index contributed by atoms with van der Waals surface area (Å²) in [5.74, 6) is -1.39. The van der Waals surface area contributed by atoms with E-state index in [2.05, 4.69) is 0 Å². The van der Waals surface area contributed by atoms with Crippen molar-refractivity contribution < 1.29 is 28.6 Å². The number of rotatable bonds is 6. The summed E-state index contributed by atoms with van der Waals surface area (Å²) in [4.78, 5) is 33.7. The Morgan fingerprint density at radius 1 is 1.08 bits per heavy atom. The van der Waals surface area contributed by atoms with Gasteiger partial charge >= 0.3 is 17.9 Å². The van der Waals surface area contributed by atoms with Gasteiger partial charge in [-0.25, -0.2) is 0 Å². The van der Waals surface area contributed by atoms with Crippen molar-refractivity contribution in [3.8, 4) is 11.5 Å². The van der Waals surface area contributed by atoms with Gasteiger partial charge in [0, 0.05) is 13.8 Å². The first-order chi connectivity index (χ1) is 10.3. The largest absolute Gasteiger partial charge is 0.465 e. The lowest BCUT2D eigenvalue weighted by Crippen LogP contribution is -2.34. The van der Waals surface area contributed by atoms with Gasteiger partial charge in [-0.3, -0.25) is 14.4 Å². The van der Waals surface area contributed by atoms with E-state index in [1.165, 1.54) is 26.0 Å². The molecule has 0 fully saturated rings. The SMILES string of the molecule is C.CCOC(=O)[C@@H](N)Cc1ccc(OC(C)=O)c(OC(C)=O)c1.Cl. The molecule has 0 heterocycles. The van der Waals surface area contributed by atoms with Crippen LogP contribution >= 0.6 is 12.4 Å². The van der Waals surface area contributed by atoms with Crippen molar-refractivity contribution in [1.82, 2.24) is 0 Å². The first-order valence-electron chi connectivity index (χ1n) is 6.75. The van der Waals surface area contributed by atoms with Gasteiger partial charge in [0.1, 0.15) is 6.04 Å². The molecule has 2 N–H and O–H groups in total. The topological polar surface area (TPSA) is 105 Å². The van der Waals surface area contributed by atoms with Crippen LogP contribution in [0.25, 0.3) is 0 Å². The Morgan fingerprint density at radius 2 is 1.62 bits per heavy atom. The smallest absolute Gasteiger partial charge is 0.323 e. The van der Waals surface area contributed by atoms with Crippen molar-refractivity contribution in [3.63, 3.8) is 0 Å². The summed E-state index contributed by atoms with van der Waals surface area (Å²) in [6.07, 6.45) is 0.202. The van der Waals surface area contributed by atoms with Gasteiger partial charge in [0.15, 0.2) is 11.5 Å². The van der Waals surface area contributed by atoms with Crippen molar-refractivity contribution in [1.29, 1.82) is 0 Å². The Hall–Kier alpha value is -2.12. The van der Waals surface area contributed by atoms with Crippen LogP contribution in [0, 0.1) is 0 Å². The molecule has 8 heteroatoms. The molecule has 0 aliphatic rings. The Labute approximate surface area is 147 Å². The lowest BCUT2D eigenvalue weighted by Gasteiger charge is -2.13. The Bertz CT molecular complexity index is 576. The summed E-state index contributed by atoms with van der Waals surface area (Å²) in [6.45, 7) is 4.41. The number of carbonyl (C=O) groups excluding carboxylic acids is 3. The highest BCUT2D eigenvalue weighted by molar-refractivity contribution is 5.85. The number of carbonyl (C=O) groups is 3. The average molecular weight is 362 g/mol. The van der Waals surface area contributed by atoms with Crippen LogP contribution in [-0.2, 0) is 25.5 Å². The number of hydrogen-bond acceptors (Lipinski definition) is 7. The molecular formula is C16H24ClNO6. The highest BCUT2D eigenvalue weighted by atomic mass is 35.5. The van der Waals surface area contributed by atoms with E-state index in [0.29, 0.717) is 5.56 Å². The Morgan fingerprint density at radius 3 is 2.12 bits per heavy atom. The third-order valence-corrected chi connectivity index (χ3v) is 2.56. The summed E-state index contributed by atoms with van der Waals surface area (Å²) in [6, 6.07) is 3.78. The molecule has 0 radical (unpaired) electrons. The first kappa shape index (κ1) is 24.1. The highest BCUT2D eigenvalue weighted by Gasteiger charge is 2.17. The zero-order valence-electron chi connectivity index (χ0n) is 13.2. The van der Waals surface area contributed by atoms with Gasteiger partial charge in [0.2, 0.25) is 0 Å². The predicted octanol–water partition coefficient (Wildman–Crippen LogP) is 2.03. The second-order valence-electron chi connectivity index (χ2n) is 4.53. The Balaban J connectivity index is 0. The molecule has 1 aromatic carbocycles. The zero-order chi connectivity index (χ0) is 16.7. The maximum Gasteiger partial charge on any atom is 0.323 e. The van der Waals surface area contributed by atoms with Gasteiger partial charge in [-0.05, 0) is 31.0 Å². The maximum absolute atomic E-state index is 11.5. The van der Waals surface area contributed by atoms with Crippen LogP contribution in [-0.4, -0.2) is 30.6 Å². The van der Waals surface area contributed by atoms with Gasteiger partial charge in [-0.15, -0.1) is 12.4 Å². The van der Waals surface area contributed by atoms with Crippen LogP contribution < -0.4 is 15.2 Å². The maximum atomic E-state index is 11.5. The minimum Gasteiger partial charge on any atom is -0.465 e. The van der Waals surface area contributed by atoms with Crippen molar-refractivity contribution in [3.05, 3.63) is 23.8 Å². The van der Waals surface area contributed by atoms with Crippen molar-refractivity contribution >= 4 is 30.3 Å². The number of esters is 3. The van der Waals surface area contributed by atoms with E-state index in [9.17, 15) is 14.4 Å². The summed E-state index contributed by atoms with van der Waals surface area (Å²) < 4.78 is 14.8. The molecule has 1 atom stereocenters. The molecule has 1 rings (SSSR count). The molecular weight excluding hydrogens is 338 g/mol. The fourth-order valence-electron chi connectivity index (χ4n) is 1.74. The van der Waals surface area contributed by atoms with Gasteiger partial charge in [-0.1, -0.05) is 13.5 Å². The van der Waals surface area contributed by atoms with Gasteiger partial charge in [0.05, 0.1) is 6.61 Å². The van der Waals surface area contributed by atoms with E-state index in [0.717, 1.165) is 0 Å². The number of benzene rings is 1. The quantitative estimate of drug-likeness (QED) is 0.610.